The molecule has 7 heteroatoms. The van der Waals surface area contributed by atoms with Gasteiger partial charge in [-0.1, -0.05) is 12.1 Å². The summed E-state index contributed by atoms with van der Waals surface area (Å²) in [5.74, 6) is 1.67. The molecule has 1 amide bonds. The predicted octanol–water partition coefficient (Wildman–Crippen LogP) is 2.72. The molecule has 1 heterocycles. The van der Waals surface area contributed by atoms with Crippen molar-refractivity contribution in [2.45, 2.75) is 25.3 Å². The Morgan fingerprint density at radius 1 is 0.966 bits per heavy atom. The summed E-state index contributed by atoms with van der Waals surface area (Å²) in [4.78, 5) is 12.3. The summed E-state index contributed by atoms with van der Waals surface area (Å²) in [6, 6.07) is 11.7. The van der Waals surface area contributed by atoms with Gasteiger partial charge in [-0.2, -0.15) is 0 Å². The minimum absolute atomic E-state index is 0.143. The minimum atomic E-state index is -0.143. The second-order valence-corrected chi connectivity index (χ2v) is 6.89. The number of hydrazine groups is 1. The molecule has 2 N–H and O–H groups in total. The van der Waals surface area contributed by atoms with Crippen LogP contribution < -0.4 is 25.1 Å². The SMILES string of the molecule is COc1cc(Cc2ccc(C(=O)NNC3CCOCC3)cc2)cc(OC)c1OC. The van der Waals surface area contributed by atoms with E-state index in [0.717, 1.165) is 37.2 Å². The molecule has 0 atom stereocenters. The fourth-order valence-corrected chi connectivity index (χ4v) is 3.33. The van der Waals surface area contributed by atoms with Gasteiger partial charge in [0.2, 0.25) is 5.75 Å². The lowest BCUT2D eigenvalue weighted by Gasteiger charge is -2.23. The van der Waals surface area contributed by atoms with E-state index >= 15 is 0 Å². The zero-order valence-electron chi connectivity index (χ0n) is 17.1. The van der Waals surface area contributed by atoms with Gasteiger partial charge in [0.05, 0.1) is 21.3 Å². The lowest BCUT2D eigenvalue weighted by atomic mass is 10.0. The maximum absolute atomic E-state index is 12.3. The Hall–Kier alpha value is -2.77. The first-order chi connectivity index (χ1) is 14.1. The summed E-state index contributed by atoms with van der Waals surface area (Å²) >= 11 is 0. The molecule has 2 aromatic carbocycles. The molecule has 0 aliphatic carbocycles. The Labute approximate surface area is 171 Å². The van der Waals surface area contributed by atoms with E-state index in [1.165, 1.54) is 0 Å². The highest BCUT2D eigenvalue weighted by molar-refractivity contribution is 5.93. The standard InChI is InChI=1S/C22H28N2O5/c1-26-19-13-16(14-20(27-2)21(19)28-3)12-15-4-6-17(7-5-15)22(25)24-23-18-8-10-29-11-9-18/h4-7,13-14,18,23H,8-12H2,1-3H3,(H,24,25). The molecule has 3 rings (SSSR count). The molecule has 7 nitrogen and oxygen atoms in total. The van der Waals surface area contributed by atoms with Crippen LogP contribution >= 0.6 is 0 Å². The molecule has 0 unspecified atom stereocenters. The van der Waals surface area contributed by atoms with Gasteiger partial charge in [-0.3, -0.25) is 10.2 Å². The number of carbonyl (C=O) groups excluding carboxylic acids is 1. The van der Waals surface area contributed by atoms with Gasteiger partial charge in [0.1, 0.15) is 0 Å². The van der Waals surface area contributed by atoms with Gasteiger partial charge in [-0.25, -0.2) is 5.43 Å². The zero-order valence-corrected chi connectivity index (χ0v) is 17.1. The first-order valence-electron chi connectivity index (χ1n) is 9.66. The van der Waals surface area contributed by atoms with Crippen LogP contribution in [0, 0.1) is 0 Å². The molecule has 1 aliphatic rings. The van der Waals surface area contributed by atoms with Crippen molar-refractivity contribution in [3.05, 3.63) is 53.1 Å². The van der Waals surface area contributed by atoms with Crippen LogP contribution in [0.4, 0.5) is 0 Å². The number of amides is 1. The Kier molecular flexibility index (Phi) is 7.32. The molecular formula is C22H28N2O5. The number of ether oxygens (including phenoxy) is 4. The van der Waals surface area contributed by atoms with E-state index in [2.05, 4.69) is 10.9 Å². The third kappa shape index (κ3) is 5.40. The first-order valence-corrected chi connectivity index (χ1v) is 9.66. The second kappa shape index (κ2) is 10.1. The number of hydrogen-bond acceptors (Lipinski definition) is 6. The predicted molar refractivity (Wildman–Crippen MR) is 110 cm³/mol. The van der Waals surface area contributed by atoms with Crippen LogP contribution in [-0.2, 0) is 11.2 Å². The van der Waals surface area contributed by atoms with Crippen molar-refractivity contribution >= 4 is 5.91 Å². The fraction of sp³-hybridized carbons (Fsp3) is 0.409. The van der Waals surface area contributed by atoms with E-state index in [1.807, 2.05) is 36.4 Å². The Balaban J connectivity index is 1.63. The third-order valence-electron chi connectivity index (χ3n) is 4.96. The quantitative estimate of drug-likeness (QED) is 0.664. The summed E-state index contributed by atoms with van der Waals surface area (Å²) in [5.41, 5.74) is 8.59. The van der Waals surface area contributed by atoms with E-state index in [-0.39, 0.29) is 11.9 Å². The number of carbonyl (C=O) groups is 1. The molecule has 1 saturated heterocycles. The van der Waals surface area contributed by atoms with E-state index in [4.69, 9.17) is 18.9 Å². The van der Waals surface area contributed by atoms with E-state index in [1.54, 1.807) is 21.3 Å². The van der Waals surface area contributed by atoms with Crippen LogP contribution in [0.25, 0.3) is 0 Å². The molecule has 0 saturated carbocycles. The number of rotatable bonds is 8. The van der Waals surface area contributed by atoms with Crippen molar-refractivity contribution in [2.75, 3.05) is 34.5 Å². The first kappa shape index (κ1) is 21.0. The third-order valence-corrected chi connectivity index (χ3v) is 4.96. The van der Waals surface area contributed by atoms with Crippen molar-refractivity contribution in [2.24, 2.45) is 0 Å². The van der Waals surface area contributed by atoms with E-state index in [9.17, 15) is 4.79 Å². The largest absolute Gasteiger partial charge is 0.493 e. The molecule has 0 radical (unpaired) electrons. The monoisotopic (exact) mass is 400 g/mol. The van der Waals surface area contributed by atoms with Gasteiger partial charge in [0, 0.05) is 24.8 Å². The highest BCUT2D eigenvalue weighted by Gasteiger charge is 2.15. The Morgan fingerprint density at radius 3 is 2.14 bits per heavy atom. The Bertz CT molecular complexity index is 791. The molecule has 0 spiro atoms. The van der Waals surface area contributed by atoms with E-state index < -0.39 is 0 Å². The van der Waals surface area contributed by atoms with Crippen molar-refractivity contribution in [3.63, 3.8) is 0 Å². The van der Waals surface area contributed by atoms with Gasteiger partial charge in [-0.15, -0.1) is 0 Å². The smallest absolute Gasteiger partial charge is 0.265 e. The normalized spacial score (nSPS) is 14.3. The zero-order chi connectivity index (χ0) is 20.6. The van der Waals surface area contributed by atoms with Crippen molar-refractivity contribution in [1.82, 2.24) is 10.9 Å². The summed E-state index contributed by atoms with van der Waals surface area (Å²) in [5, 5.41) is 0. The average molecular weight is 400 g/mol. The topological polar surface area (TPSA) is 78.1 Å². The maximum Gasteiger partial charge on any atom is 0.265 e. The van der Waals surface area contributed by atoms with Crippen LogP contribution in [0.3, 0.4) is 0 Å². The lowest BCUT2D eigenvalue weighted by Crippen LogP contribution is -2.46. The van der Waals surface area contributed by atoms with Crippen LogP contribution in [0.15, 0.2) is 36.4 Å². The summed E-state index contributed by atoms with van der Waals surface area (Å²) in [7, 11) is 4.78. The molecule has 0 aromatic heterocycles. The Morgan fingerprint density at radius 2 is 1.59 bits per heavy atom. The van der Waals surface area contributed by atoms with E-state index in [0.29, 0.717) is 29.2 Å². The molecule has 29 heavy (non-hydrogen) atoms. The second-order valence-electron chi connectivity index (χ2n) is 6.89. The van der Waals surface area contributed by atoms with Crippen molar-refractivity contribution < 1.29 is 23.7 Å². The number of methoxy groups -OCH3 is 3. The molecule has 0 bridgehead atoms. The molecule has 156 valence electrons. The van der Waals surface area contributed by atoms with Gasteiger partial charge < -0.3 is 18.9 Å². The van der Waals surface area contributed by atoms with Gasteiger partial charge in [-0.05, 0) is 54.7 Å². The maximum atomic E-state index is 12.3. The summed E-state index contributed by atoms with van der Waals surface area (Å²) in [6.07, 6.45) is 2.47. The lowest BCUT2D eigenvalue weighted by molar-refractivity contribution is 0.0695. The minimum Gasteiger partial charge on any atom is -0.493 e. The molecule has 1 aliphatic heterocycles. The van der Waals surface area contributed by atoms with Crippen LogP contribution in [0.1, 0.15) is 34.3 Å². The average Bonchev–Trinajstić information content (AvgIpc) is 2.77. The fourth-order valence-electron chi connectivity index (χ4n) is 3.33. The van der Waals surface area contributed by atoms with Crippen molar-refractivity contribution in [1.29, 1.82) is 0 Å². The van der Waals surface area contributed by atoms with Crippen LogP contribution in [0.2, 0.25) is 0 Å². The van der Waals surface area contributed by atoms with Crippen molar-refractivity contribution in [3.8, 4) is 17.2 Å². The highest BCUT2D eigenvalue weighted by atomic mass is 16.5. The number of nitrogens with one attached hydrogen (secondary N) is 2. The summed E-state index contributed by atoms with van der Waals surface area (Å²) in [6.45, 7) is 1.45. The number of benzene rings is 2. The number of hydrogen-bond donors (Lipinski definition) is 2. The van der Waals surface area contributed by atoms with Crippen LogP contribution in [0.5, 0.6) is 17.2 Å². The molecule has 1 fully saturated rings. The van der Waals surface area contributed by atoms with Crippen LogP contribution in [-0.4, -0.2) is 46.5 Å². The summed E-state index contributed by atoms with van der Waals surface area (Å²) < 4.78 is 21.5. The molecule has 2 aromatic rings. The van der Waals surface area contributed by atoms with Gasteiger partial charge in [0.15, 0.2) is 11.5 Å². The molecular weight excluding hydrogens is 372 g/mol. The highest BCUT2D eigenvalue weighted by Crippen LogP contribution is 2.38. The van der Waals surface area contributed by atoms with Gasteiger partial charge in [0.25, 0.3) is 5.91 Å². The van der Waals surface area contributed by atoms with Gasteiger partial charge >= 0.3 is 0 Å².